The summed E-state index contributed by atoms with van der Waals surface area (Å²) in [5.74, 6) is 1.27. The second-order valence-electron chi connectivity index (χ2n) is 6.41. The molecule has 0 bridgehead atoms. The Kier molecular flexibility index (Phi) is 5.39. The van der Waals surface area contributed by atoms with Gasteiger partial charge in [0.2, 0.25) is 0 Å². The number of methoxy groups -OCH3 is 1. The van der Waals surface area contributed by atoms with E-state index in [9.17, 15) is 4.79 Å². The van der Waals surface area contributed by atoms with Crippen molar-refractivity contribution in [2.24, 2.45) is 0 Å². The first-order valence-corrected chi connectivity index (χ1v) is 9.83. The fourth-order valence-corrected chi connectivity index (χ4v) is 3.76. The Morgan fingerprint density at radius 2 is 1.97 bits per heavy atom. The average molecular weight is 405 g/mol. The number of nitrogens with zero attached hydrogens (tertiary/aromatic N) is 2. The van der Waals surface area contributed by atoms with E-state index in [1.807, 2.05) is 49.4 Å². The van der Waals surface area contributed by atoms with Gasteiger partial charge in [0.15, 0.2) is 18.1 Å². The van der Waals surface area contributed by atoms with Crippen molar-refractivity contribution in [1.29, 1.82) is 0 Å². The van der Waals surface area contributed by atoms with Crippen LogP contribution in [-0.4, -0.2) is 29.6 Å². The summed E-state index contributed by atoms with van der Waals surface area (Å²) in [6.07, 6.45) is 1.71. The second kappa shape index (κ2) is 8.28. The first-order chi connectivity index (χ1) is 14.1. The van der Waals surface area contributed by atoms with Gasteiger partial charge in [0, 0.05) is 11.8 Å². The van der Waals surface area contributed by atoms with Crippen LogP contribution in [0.5, 0.6) is 11.5 Å². The van der Waals surface area contributed by atoms with E-state index in [1.165, 1.54) is 0 Å². The zero-order valence-electron chi connectivity index (χ0n) is 16.0. The number of amides is 1. The molecule has 2 heterocycles. The van der Waals surface area contributed by atoms with Crippen molar-refractivity contribution < 1.29 is 14.3 Å². The lowest BCUT2D eigenvalue weighted by atomic mass is 10.2. The number of anilines is 1. The Labute approximate surface area is 172 Å². The number of hydrogen-bond acceptors (Lipinski definition) is 6. The van der Waals surface area contributed by atoms with Crippen LogP contribution in [0.25, 0.3) is 20.8 Å². The van der Waals surface area contributed by atoms with Crippen molar-refractivity contribution in [3.05, 3.63) is 66.4 Å². The van der Waals surface area contributed by atoms with E-state index in [4.69, 9.17) is 9.47 Å². The molecule has 0 atom stereocenters. The van der Waals surface area contributed by atoms with E-state index in [0.29, 0.717) is 17.3 Å². The second-order valence-corrected chi connectivity index (χ2v) is 7.44. The molecule has 0 aliphatic carbocycles. The highest BCUT2D eigenvalue weighted by atomic mass is 32.1. The molecule has 0 spiro atoms. The van der Waals surface area contributed by atoms with Gasteiger partial charge in [-0.3, -0.25) is 4.79 Å². The topological polar surface area (TPSA) is 73.3 Å². The Hall–Kier alpha value is -3.45. The van der Waals surface area contributed by atoms with Gasteiger partial charge in [0.05, 0.1) is 17.3 Å². The highest BCUT2D eigenvalue weighted by molar-refractivity contribution is 7.21. The molecular weight excluding hydrogens is 386 g/mol. The molecule has 2 aromatic carbocycles. The van der Waals surface area contributed by atoms with Crippen molar-refractivity contribution >= 4 is 33.3 Å². The maximum absolute atomic E-state index is 12.2. The molecule has 7 heteroatoms. The molecule has 1 amide bonds. The Morgan fingerprint density at radius 1 is 1.10 bits per heavy atom. The molecule has 2 aromatic heterocycles. The fourth-order valence-electron chi connectivity index (χ4n) is 2.81. The Morgan fingerprint density at radius 3 is 2.72 bits per heavy atom. The molecule has 0 fully saturated rings. The number of aryl methyl sites for hydroxylation is 1. The van der Waals surface area contributed by atoms with Gasteiger partial charge in [-0.15, -0.1) is 11.3 Å². The summed E-state index contributed by atoms with van der Waals surface area (Å²) in [5.41, 5.74) is 2.93. The standard InChI is InChI=1S/C22H19N3O3S/c1-14-7-9-17(18(11-14)27-2)28-13-21(26)25-20-10-8-15(12-23-20)22-24-16-5-3-4-6-19(16)29-22/h3-12H,13H2,1-2H3,(H,23,25,26). The largest absolute Gasteiger partial charge is 0.493 e. The smallest absolute Gasteiger partial charge is 0.263 e. The Bertz CT molecular complexity index is 1120. The van der Waals surface area contributed by atoms with Crippen LogP contribution in [0.2, 0.25) is 0 Å². The van der Waals surface area contributed by atoms with Crippen LogP contribution in [0.4, 0.5) is 5.82 Å². The molecule has 4 aromatic rings. The summed E-state index contributed by atoms with van der Waals surface area (Å²) in [4.78, 5) is 21.1. The van der Waals surface area contributed by atoms with Gasteiger partial charge in [-0.05, 0) is 48.9 Å². The van der Waals surface area contributed by atoms with E-state index in [2.05, 4.69) is 15.3 Å². The number of ether oxygens (including phenoxy) is 2. The van der Waals surface area contributed by atoms with E-state index in [0.717, 1.165) is 26.4 Å². The Balaban J connectivity index is 1.39. The predicted octanol–water partition coefficient (Wildman–Crippen LogP) is 4.69. The molecule has 0 aliphatic heterocycles. The number of aromatic nitrogens is 2. The minimum Gasteiger partial charge on any atom is -0.493 e. The fraction of sp³-hybridized carbons (Fsp3) is 0.136. The van der Waals surface area contributed by atoms with Crippen LogP contribution in [0.15, 0.2) is 60.8 Å². The number of para-hydroxylation sites is 1. The summed E-state index contributed by atoms with van der Waals surface area (Å²) in [6, 6.07) is 17.2. The third-order valence-corrected chi connectivity index (χ3v) is 5.34. The summed E-state index contributed by atoms with van der Waals surface area (Å²) < 4.78 is 12.0. The van der Waals surface area contributed by atoms with Crippen molar-refractivity contribution in [2.45, 2.75) is 6.92 Å². The van der Waals surface area contributed by atoms with Crippen LogP contribution < -0.4 is 14.8 Å². The molecule has 1 N–H and O–H groups in total. The molecule has 0 saturated heterocycles. The number of thiazole rings is 1. The number of carbonyl (C=O) groups excluding carboxylic acids is 1. The predicted molar refractivity (Wildman–Crippen MR) is 115 cm³/mol. The molecule has 0 radical (unpaired) electrons. The van der Waals surface area contributed by atoms with Crippen LogP contribution in [-0.2, 0) is 4.79 Å². The number of hydrogen-bond donors (Lipinski definition) is 1. The zero-order valence-corrected chi connectivity index (χ0v) is 16.8. The lowest BCUT2D eigenvalue weighted by Gasteiger charge is -2.11. The molecule has 0 unspecified atom stereocenters. The van der Waals surface area contributed by atoms with E-state index < -0.39 is 0 Å². The average Bonchev–Trinajstić information content (AvgIpc) is 3.17. The maximum atomic E-state index is 12.2. The van der Waals surface area contributed by atoms with Crippen molar-refractivity contribution in [2.75, 3.05) is 19.0 Å². The summed E-state index contributed by atoms with van der Waals surface area (Å²) in [7, 11) is 1.57. The normalized spacial score (nSPS) is 10.7. The number of carbonyl (C=O) groups is 1. The number of pyridine rings is 1. The van der Waals surface area contributed by atoms with E-state index in [-0.39, 0.29) is 12.5 Å². The van der Waals surface area contributed by atoms with Gasteiger partial charge >= 0.3 is 0 Å². The van der Waals surface area contributed by atoms with Crippen LogP contribution >= 0.6 is 11.3 Å². The van der Waals surface area contributed by atoms with Crippen molar-refractivity contribution in [3.8, 4) is 22.1 Å². The summed E-state index contributed by atoms with van der Waals surface area (Å²) >= 11 is 1.61. The molecular formula is C22H19N3O3S. The maximum Gasteiger partial charge on any atom is 0.263 e. The zero-order chi connectivity index (χ0) is 20.2. The third kappa shape index (κ3) is 4.35. The van der Waals surface area contributed by atoms with Crippen molar-refractivity contribution in [1.82, 2.24) is 9.97 Å². The minimum atomic E-state index is -0.298. The van der Waals surface area contributed by atoms with Gasteiger partial charge in [-0.2, -0.15) is 0 Å². The summed E-state index contributed by atoms with van der Waals surface area (Å²) in [5, 5.41) is 3.63. The SMILES string of the molecule is COc1cc(C)ccc1OCC(=O)Nc1ccc(-c2nc3ccccc3s2)cn1. The van der Waals surface area contributed by atoms with E-state index >= 15 is 0 Å². The molecule has 4 rings (SSSR count). The van der Waals surface area contributed by atoms with Gasteiger partial charge in [-0.1, -0.05) is 18.2 Å². The molecule has 29 heavy (non-hydrogen) atoms. The van der Waals surface area contributed by atoms with Gasteiger partial charge in [0.1, 0.15) is 10.8 Å². The lowest BCUT2D eigenvalue weighted by molar-refractivity contribution is -0.118. The van der Waals surface area contributed by atoms with E-state index in [1.54, 1.807) is 36.8 Å². The van der Waals surface area contributed by atoms with Crippen molar-refractivity contribution in [3.63, 3.8) is 0 Å². The molecule has 0 saturated carbocycles. The monoisotopic (exact) mass is 405 g/mol. The lowest BCUT2D eigenvalue weighted by Crippen LogP contribution is -2.20. The van der Waals surface area contributed by atoms with Gasteiger partial charge < -0.3 is 14.8 Å². The highest BCUT2D eigenvalue weighted by Gasteiger charge is 2.10. The first-order valence-electron chi connectivity index (χ1n) is 9.01. The third-order valence-electron chi connectivity index (χ3n) is 4.25. The molecule has 0 aliphatic rings. The van der Waals surface area contributed by atoms with Gasteiger partial charge in [-0.25, -0.2) is 9.97 Å². The van der Waals surface area contributed by atoms with Crippen LogP contribution in [0.1, 0.15) is 5.56 Å². The number of fused-ring (bicyclic) bond motifs is 1. The number of nitrogens with one attached hydrogen (secondary N) is 1. The summed E-state index contributed by atoms with van der Waals surface area (Å²) in [6.45, 7) is 1.82. The molecule has 146 valence electrons. The molecule has 6 nitrogen and oxygen atoms in total. The number of benzene rings is 2. The van der Waals surface area contributed by atoms with Gasteiger partial charge in [0.25, 0.3) is 5.91 Å². The van der Waals surface area contributed by atoms with Crippen LogP contribution in [0, 0.1) is 6.92 Å². The highest BCUT2D eigenvalue weighted by Crippen LogP contribution is 2.30. The minimum absolute atomic E-state index is 0.138. The number of rotatable bonds is 6. The first kappa shape index (κ1) is 18.9. The van der Waals surface area contributed by atoms with Crippen LogP contribution in [0.3, 0.4) is 0 Å². The quantitative estimate of drug-likeness (QED) is 0.504.